The van der Waals surface area contributed by atoms with E-state index in [1.165, 1.54) is 25.9 Å². The molecular formula is C12H23NO3. The van der Waals surface area contributed by atoms with Gasteiger partial charge in [0.1, 0.15) is 0 Å². The summed E-state index contributed by atoms with van der Waals surface area (Å²) in [5.74, 6) is 0. The molecule has 0 atom stereocenters. The standard InChI is InChI=1S/C12H23NO3/c14-5-9-15-6-1-4-13-10-12(11-13)2-7-16-8-3-12/h14H,1-11H2. The fourth-order valence-electron chi connectivity index (χ4n) is 2.74. The first-order chi connectivity index (χ1) is 7.85. The molecule has 0 aromatic rings. The van der Waals surface area contributed by atoms with E-state index >= 15 is 0 Å². The minimum atomic E-state index is 0.132. The van der Waals surface area contributed by atoms with Gasteiger partial charge in [-0.05, 0) is 19.3 Å². The number of hydrogen-bond acceptors (Lipinski definition) is 4. The van der Waals surface area contributed by atoms with Gasteiger partial charge in [0, 0.05) is 44.9 Å². The van der Waals surface area contributed by atoms with Gasteiger partial charge in [-0.15, -0.1) is 0 Å². The Hall–Kier alpha value is -0.160. The molecule has 2 saturated heterocycles. The summed E-state index contributed by atoms with van der Waals surface area (Å²) in [6.45, 7) is 6.91. The molecule has 0 aromatic heterocycles. The summed E-state index contributed by atoms with van der Waals surface area (Å²) in [4.78, 5) is 2.51. The molecule has 2 rings (SSSR count). The minimum Gasteiger partial charge on any atom is -0.394 e. The average molecular weight is 229 g/mol. The summed E-state index contributed by atoms with van der Waals surface area (Å²) >= 11 is 0. The SMILES string of the molecule is OCCOCCCN1CC2(CCOCC2)C1. The van der Waals surface area contributed by atoms with Crippen molar-refractivity contribution < 1.29 is 14.6 Å². The Morgan fingerprint density at radius 3 is 2.62 bits per heavy atom. The van der Waals surface area contributed by atoms with Gasteiger partial charge in [-0.25, -0.2) is 0 Å². The molecule has 4 nitrogen and oxygen atoms in total. The maximum atomic E-state index is 8.55. The van der Waals surface area contributed by atoms with Gasteiger partial charge < -0.3 is 19.5 Å². The summed E-state index contributed by atoms with van der Waals surface area (Å²) < 4.78 is 10.6. The Morgan fingerprint density at radius 2 is 1.94 bits per heavy atom. The zero-order chi connectivity index (χ0) is 11.3. The molecule has 4 heteroatoms. The van der Waals surface area contributed by atoms with Crippen LogP contribution in [0.25, 0.3) is 0 Å². The highest BCUT2D eigenvalue weighted by atomic mass is 16.5. The first kappa shape index (κ1) is 12.3. The van der Waals surface area contributed by atoms with E-state index in [1.807, 2.05) is 0 Å². The molecule has 94 valence electrons. The van der Waals surface area contributed by atoms with Crippen molar-refractivity contribution in [2.24, 2.45) is 5.41 Å². The van der Waals surface area contributed by atoms with Crippen molar-refractivity contribution in [3.63, 3.8) is 0 Å². The Kier molecular flexibility index (Phi) is 4.58. The molecule has 0 aromatic carbocycles. The maximum Gasteiger partial charge on any atom is 0.0697 e. The zero-order valence-electron chi connectivity index (χ0n) is 9.99. The normalized spacial score (nSPS) is 24.6. The Balaban J connectivity index is 1.51. The highest BCUT2D eigenvalue weighted by Gasteiger charge is 2.43. The molecule has 2 fully saturated rings. The number of likely N-dealkylation sites (tertiary alicyclic amines) is 1. The molecule has 0 unspecified atom stereocenters. The second-order valence-electron chi connectivity index (χ2n) is 5.01. The fraction of sp³-hybridized carbons (Fsp3) is 1.00. The number of hydrogen-bond donors (Lipinski definition) is 1. The maximum absolute atomic E-state index is 8.55. The van der Waals surface area contributed by atoms with E-state index in [2.05, 4.69) is 4.90 Å². The monoisotopic (exact) mass is 229 g/mol. The lowest BCUT2D eigenvalue weighted by atomic mass is 9.73. The summed E-state index contributed by atoms with van der Waals surface area (Å²) in [5, 5.41) is 8.55. The van der Waals surface area contributed by atoms with E-state index < -0.39 is 0 Å². The topological polar surface area (TPSA) is 41.9 Å². The molecule has 0 aliphatic carbocycles. The van der Waals surface area contributed by atoms with Crippen molar-refractivity contribution in [3.8, 4) is 0 Å². The molecule has 1 spiro atoms. The molecule has 1 N–H and O–H groups in total. The first-order valence-electron chi connectivity index (χ1n) is 6.33. The summed E-state index contributed by atoms with van der Waals surface area (Å²) in [6, 6.07) is 0. The largest absolute Gasteiger partial charge is 0.394 e. The summed E-state index contributed by atoms with van der Waals surface area (Å²) in [6.07, 6.45) is 3.56. The van der Waals surface area contributed by atoms with Crippen LogP contribution in [0, 0.1) is 5.41 Å². The van der Waals surface area contributed by atoms with Crippen molar-refractivity contribution in [1.82, 2.24) is 4.90 Å². The number of aliphatic hydroxyl groups excluding tert-OH is 1. The van der Waals surface area contributed by atoms with Crippen LogP contribution < -0.4 is 0 Å². The van der Waals surface area contributed by atoms with E-state index in [9.17, 15) is 0 Å². The molecule has 2 aliphatic rings. The fourth-order valence-corrected chi connectivity index (χ4v) is 2.74. The van der Waals surface area contributed by atoms with Crippen LogP contribution in [0.1, 0.15) is 19.3 Å². The molecule has 2 aliphatic heterocycles. The van der Waals surface area contributed by atoms with Crippen LogP contribution in [0.2, 0.25) is 0 Å². The van der Waals surface area contributed by atoms with Crippen molar-refractivity contribution in [2.45, 2.75) is 19.3 Å². The van der Waals surface area contributed by atoms with Crippen LogP contribution in [-0.2, 0) is 9.47 Å². The zero-order valence-corrected chi connectivity index (χ0v) is 9.99. The Bertz CT molecular complexity index is 196. The average Bonchev–Trinajstić information content (AvgIpc) is 2.28. The van der Waals surface area contributed by atoms with Gasteiger partial charge >= 0.3 is 0 Å². The number of aliphatic hydroxyl groups is 1. The van der Waals surface area contributed by atoms with Crippen molar-refractivity contribution in [2.75, 3.05) is 52.7 Å². The minimum absolute atomic E-state index is 0.132. The van der Waals surface area contributed by atoms with Gasteiger partial charge in [0.25, 0.3) is 0 Å². The third-order valence-electron chi connectivity index (χ3n) is 3.67. The number of rotatable bonds is 6. The van der Waals surface area contributed by atoms with Crippen LogP contribution in [0.3, 0.4) is 0 Å². The van der Waals surface area contributed by atoms with Crippen molar-refractivity contribution >= 4 is 0 Å². The van der Waals surface area contributed by atoms with Crippen LogP contribution in [-0.4, -0.2) is 62.7 Å². The lowest BCUT2D eigenvalue weighted by molar-refractivity contribution is -0.0822. The first-order valence-corrected chi connectivity index (χ1v) is 6.33. The molecule has 0 bridgehead atoms. The van der Waals surface area contributed by atoms with Gasteiger partial charge in [-0.2, -0.15) is 0 Å². The van der Waals surface area contributed by atoms with Crippen LogP contribution in [0.15, 0.2) is 0 Å². The van der Waals surface area contributed by atoms with Crippen LogP contribution >= 0.6 is 0 Å². The quantitative estimate of drug-likeness (QED) is 0.673. The van der Waals surface area contributed by atoms with Crippen LogP contribution in [0.4, 0.5) is 0 Å². The van der Waals surface area contributed by atoms with Crippen molar-refractivity contribution in [3.05, 3.63) is 0 Å². The molecule has 0 saturated carbocycles. The highest BCUT2D eigenvalue weighted by molar-refractivity contribution is 4.95. The Labute approximate surface area is 97.5 Å². The van der Waals surface area contributed by atoms with Gasteiger partial charge in [0.15, 0.2) is 0 Å². The highest BCUT2D eigenvalue weighted by Crippen LogP contribution is 2.39. The predicted molar refractivity (Wildman–Crippen MR) is 61.4 cm³/mol. The van der Waals surface area contributed by atoms with E-state index in [1.54, 1.807) is 0 Å². The smallest absolute Gasteiger partial charge is 0.0697 e. The summed E-state index contributed by atoms with van der Waals surface area (Å²) in [5.41, 5.74) is 0.588. The van der Waals surface area contributed by atoms with E-state index in [4.69, 9.17) is 14.6 Å². The molecule has 0 radical (unpaired) electrons. The van der Waals surface area contributed by atoms with Gasteiger partial charge in [0.05, 0.1) is 13.2 Å². The third-order valence-corrected chi connectivity index (χ3v) is 3.67. The van der Waals surface area contributed by atoms with Gasteiger partial charge in [0.2, 0.25) is 0 Å². The van der Waals surface area contributed by atoms with Crippen LogP contribution in [0.5, 0.6) is 0 Å². The Morgan fingerprint density at radius 1 is 1.19 bits per heavy atom. The second kappa shape index (κ2) is 5.96. The van der Waals surface area contributed by atoms with E-state index in [0.29, 0.717) is 12.0 Å². The second-order valence-corrected chi connectivity index (χ2v) is 5.01. The van der Waals surface area contributed by atoms with Gasteiger partial charge in [-0.3, -0.25) is 0 Å². The number of nitrogens with zero attached hydrogens (tertiary/aromatic N) is 1. The molecule has 2 heterocycles. The lowest BCUT2D eigenvalue weighted by Gasteiger charge is -2.52. The molecule has 16 heavy (non-hydrogen) atoms. The van der Waals surface area contributed by atoms with E-state index in [0.717, 1.165) is 32.8 Å². The predicted octanol–water partition coefficient (Wildman–Crippen LogP) is 0.498. The molecular weight excluding hydrogens is 206 g/mol. The number of ether oxygens (including phenoxy) is 2. The summed E-state index contributed by atoms with van der Waals surface area (Å²) in [7, 11) is 0. The van der Waals surface area contributed by atoms with Gasteiger partial charge in [-0.1, -0.05) is 0 Å². The van der Waals surface area contributed by atoms with E-state index in [-0.39, 0.29) is 6.61 Å². The third kappa shape index (κ3) is 3.17. The van der Waals surface area contributed by atoms with Crippen molar-refractivity contribution in [1.29, 1.82) is 0 Å². The lowest BCUT2D eigenvalue weighted by Crippen LogP contribution is -2.58. The molecule has 0 amide bonds.